The van der Waals surface area contributed by atoms with Crippen molar-refractivity contribution in [1.82, 2.24) is 10.6 Å². The highest BCUT2D eigenvalue weighted by molar-refractivity contribution is 6.06. The summed E-state index contributed by atoms with van der Waals surface area (Å²) in [7, 11) is 0. The third-order valence-electron chi connectivity index (χ3n) is 6.89. The van der Waals surface area contributed by atoms with Crippen molar-refractivity contribution in [3.8, 4) is 5.75 Å². The van der Waals surface area contributed by atoms with Crippen LogP contribution in [0.3, 0.4) is 0 Å². The van der Waals surface area contributed by atoms with E-state index in [1.54, 1.807) is 20.8 Å². The van der Waals surface area contributed by atoms with E-state index in [0.717, 1.165) is 30.3 Å². The van der Waals surface area contributed by atoms with Crippen molar-refractivity contribution in [3.63, 3.8) is 0 Å². The fraction of sp³-hybridized carbons (Fsp3) is 0.483. The van der Waals surface area contributed by atoms with Gasteiger partial charge < -0.3 is 20.7 Å². The van der Waals surface area contributed by atoms with Gasteiger partial charge in [-0.05, 0) is 49.9 Å². The first-order valence-electron chi connectivity index (χ1n) is 13.5. The van der Waals surface area contributed by atoms with Gasteiger partial charge in [0.1, 0.15) is 29.6 Å². The third kappa shape index (κ3) is 9.07. The van der Waals surface area contributed by atoms with Crippen LogP contribution in [0.25, 0.3) is 0 Å². The van der Waals surface area contributed by atoms with Crippen molar-refractivity contribution in [2.24, 2.45) is 11.3 Å². The van der Waals surface area contributed by atoms with Crippen LogP contribution < -0.4 is 20.7 Å². The Balaban J connectivity index is 1.80. The minimum absolute atomic E-state index is 0.0324. The topological polar surface area (TPSA) is 96.5 Å². The molecule has 3 rings (SSSR count). The average molecular weight is 620 g/mol. The molecule has 1 aliphatic carbocycles. The summed E-state index contributed by atoms with van der Waals surface area (Å²) in [6, 6.07) is 4.59. The van der Waals surface area contributed by atoms with Crippen LogP contribution in [0.5, 0.6) is 5.75 Å². The van der Waals surface area contributed by atoms with Crippen LogP contribution in [0.1, 0.15) is 72.7 Å². The van der Waals surface area contributed by atoms with Crippen LogP contribution in [0.2, 0.25) is 0 Å². The number of anilines is 1. The first-order chi connectivity index (χ1) is 20.0. The van der Waals surface area contributed by atoms with Crippen molar-refractivity contribution >= 4 is 23.4 Å². The largest absolute Gasteiger partial charge is 0.487 e. The summed E-state index contributed by atoms with van der Waals surface area (Å²) >= 11 is 0. The Hall–Kier alpha value is -3.84. The van der Waals surface area contributed by atoms with E-state index in [9.17, 15) is 40.7 Å². The number of alkyl halides is 5. The molecule has 2 aromatic carbocycles. The second-order valence-corrected chi connectivity index (χ2v) is 11.3. The summed E-state index contributed by atoms with van der Waals surface area (Å²) in [5.74, 6) is -6.72. The number of carbonyl (C=O) groups excluding carboxylic acids is 3. The summed E-state index contributed by atoms with van der Waals surface area (Å²) in [5.41, 5.74) is -2.39. The monoisotopic (exact) mass is 619 g/mol. The molecule has 0 bridgehead atoms. The maximum Gasteiger partial charge on any atom is 0.391 e. The van der Waals surface area contributed by atoms with Gasteiger partial charge in [0.15, 0.2) is 0 Å². The third-order valence-corrected chi connectivity index (χ3v) is 6.89. The van der Waals surface area contributed by atoms with E-state index in [1.165, 1.54) is 0 Å². The van der Waals surface area contributed by atoms with E-state index >= 15 is 4.39 Å². The SMILES string of the molecule is CC(C)(C)C(=O)NCc1ccc(F)c(C(=O)Nc2ccc(OCC(F)F)c(C(=O)NC3CCC(C(F)(F)F)CC3)c2)c1F. The highest BCUT2D eigenvalue weighted by Gasteiger charge is 2.41. The molecule has 0 aromatic heterocycles. The fourth-order valence-corrected chi connectivity index (χ4v) is 4.47. The zero-order chi connectivity index (χ0) is 32.1. The Kier molecular flexibility index (Phi) is 10.7. The van der Waals surface area contributed by atoms with E-state index in [1.807, 2.05) is 0 Å². The molecule has 1 aliphatic rings. The van der Waals surface area contributed by atoms with Crippen LogP contribution >= 0.6 is 0 Å². The van der Waals surface area contributed by atoms with Gasteiger partial charge in [0, 0.05) is 29.3 Å². The lowest BCUT2D eigenvalue weighted by Crippen LogP contribution is -2.40. The maximum atomic E-state index is 15.2. The first-order valence-corrected chi connectivity index (χ1v) is 13.5. The number of ether oxygens (including phenoxy) is 1. The molecular weight excluding hydrogens is 587 g/mol. The van der Waals surface area contributed by atoms with Gasteiger partial charge in [0.2, 0.25) is 5.91 Å². The van der Waals surface area contributed by atoms with E-state index in [4.69, 9.17) is 4.74 Å². The fourth-order valence-electron chi connectivity index (χ4n) is 4.47. The Labute approximate surface area is 243 Å². The molecule has 7 nitrogen and oxygen atoms in total. The number of hydrogen-bond donors (Lipinski definition) is 3. The second kappa shape index (κ2) is 13.6. The molecule has 236 valence electrons. The molecular formula is C29H32F7N3O4. The number of hydrogen-bond acceptors (Lipinski definition) is 4. The van der Waals surface area contributed by atoms with E-state index < -0.39 is 71.5 Å². The smallest absolute Gasteiger partial charge is 0.391 e. The minimum atomic E-state index is -4.35. The molecule has 1 saturated carbocycles. The predicted octanol–water partition coefficient (Wildman–Crippen LogP) is 6.37. The van der Waals surface area contributed by atoms with Gasteiger partial charge in [0.05, 0.1) is 11.5 Å². The second-order valence-electron chi connectivity index (χ2n) is 11.3. The molecule has 0 aliphatic heterocycles. The van der Waals surface area contributed by atoms with Crippen LogP contribution in [0.15, 0.2) is 30.3 Å². The normalized spacial score (nSPS) is 17.4. The number of nitrogens with one attached hydrogen (secondary N) is 3. The number of rotatable bonds is 9. The van der Waals surface area contributed by atoms with Gasteiger partial charge >= 0.3 is 6.18 Å². The molecule has 43 heavy (non-hydrogen) atoms. The van der Waals surface area contributed by atoms with Crippen molar-refractivity contribution in [2.75, 3.05) is 11.9 Å². The van der Waals surface area contributed by atoms with Crippen molar-refractivity contribution < 1.29 is 49.9 Å². The van der Waals surface area contributed by atoms with Crippen molar-refractivity contribution in [2.45, 2.75) is 71.6 Å². The maximum absolute atomic E-state index is 15.2. The van der Waals surface area contributed by atoms with Gasteiger partial charge in [-0.25, -0.2) is 17.6 Å². The Morgan fingerprint density at radius 3 is 2.19 bits per heavy atom. The number of benzene rings is 2. The van der Waals surface area contributed by atoms with Gasteiger partial charge in [-0.3, -0.25) is 14.4 Å². The van der Waals surface area contributed by atoms with E-state index in [-0.39, 0.29) is 54.8 Å². The van der Waals surface area contributed by atoms with Gasteiger partial charge in [-0.2, -0.15) is 13.2 Å². The molecule has 0 unspecified atom stereocenters. The van der Waals surface area contributed by atoms with E-state index in [0.29, 0.717) is 0 Å². The Morgan fingerprint density at radius 1 is 0.953 bits per heavy atom. The lowest BCUT2D eigenvalue weighted by atomic mass is 9.85. The van der Waals surface area contributed by atoms with Crippen LogP contribution in [0, 0.1) is 23.0 Å². The highest BCUT2D eigenvalue weighted by Crippen LogP contribution is 2.37. The average Bonchev–Trinajstić information content (AvgIpc) is 2.91. The van der Waals surface area contributed by atoms with Crippen LogP contribution in [-0.2, 0) is 11.3 Å². The van der Waals surface area contributed by atoms with Crippen LogP contribution in [0.4, 0.5) is 36.4 Å². The minimum Gasteiger partial charge on any atom is -0.487 e. The predicted molar refractivity (Wildman–Crippen MR) is 143 cm³/mol. The van der Waals surface area contributed by atoms with Gasteiger partial charge in [-0.1, -0.05) is 26.8 Å². The molecule has 14 heteroatoms. The number of carbonyl (C=O) groups is 3. The highest BCUT2D eigenvalue weighted by atomic mass is 19.4. The molecule has 0 radical (unpaired) electrons. The van der Waals surface area contributed by atoms with Gasteiger partial charge in [-0.15, -0.1) is 0 Å². The first kappa shape index (κ1) is 33.7. The number of amides is 3. The van der Waals surface area contributed by atoms with Crippen LogP contribution in [-0.4, -0.2) is 43.0 Å². The molecule has 0 atom stereocenters. The zero-order valence-corrected chi connectivity index (χ0v) is 23.6. The number of halogens is 7. The lowest BCUT2D eigenvalue weighted by molar-refractivity contribution is -0.182. The summed E-state index contributed by atoms with van der Waals surface area (Å²) in [6.07, 6.45) is -7.57. The summed E-state index contributed by atoms with van der Waals surface area (Å²) in [6.45, 7) is 3.52. The Bertz CT molecular complexity index is 1330. The van der Waals surface area contributed by atoms with Crippen molar-refractivity contribution in [3.05, 3.63) is 58.7 Å². The standard InChI is InChI=1S/C29H32F7N3O4/c1-28(2,3)27(42)37-13-15-4-10-20(30)23(24(15)33)26(41)39-18-9-11-21(43-14-22(31)32)19(12-18)25(40)38-17-7-5-16(6-8-17)29(34,35)36/h4,9-12,16-17,22H,5-8,13-14H2,1-3H3,(H,37,42)(H,38,40)(H,39,41). The summed E-state index contributed by atoms with van der Waals surface area (Å²) < 4.78 is 99.3. The zero-order valence-electron chi connectivity index (χ0n) is 23.6. The molecule has 3 N–H and O–H groups in total. The lowest BCUT2D eigenvalue weighted by Gasteiger charge is -2.30. The Morgan fingerprint density at radius 2 is 1.60 bits per heavy atom. The molecule has 3 amide bonds. The summed E-state index contributed by atoms with van der Waals surface area (Å²) in [4.78, 5) is 38.1. The van der Waals surface area contributed by atoms with Crippen molar-refractivity contribution in [1.29, 1.82) is 0 Å². The van der Waals surface area contributed by atoms with Gasteiger partial charge in [0.25, 0.3) is 18.2 Å². The van der Waals surface area contributed by atoms with E-state index in [2.05, 4.69) is 16.0 Å². The molecule has 2 aromatic rings. The molecule has 1 fully saturated rings. The summed E-state index contributed by atoms with van der Waals surface area (Å²) in [5, 5.41) is 7.32. The quantitative estimate of drug-likeness (QED) is 0.284. The molecule has 0 heterocycles. The molecule has 0 saturated heterocycles. The molecule has 0 spiro atoms.